The standard InChI is InChI=1S/C20H18ClN3O.C18H14ClN3O/c1-24(12-13-2-3-13)20(25)18-9-6-15-10-22-11-17(19(15)23-18)14-4-7-16(21)8-5-14;19-13-4-1-11(2-5-13)15-10-20-9-12-3-8-16(22-17(12)15)18(23)21-14-6-7-14/h4-11,13H,2-3,12H2,1H3;1-5,8-10,14H,6-7H2,(H,21,23). The number of amides is 2. The van der Waals surface area contributed by atoms with Crippen molar-refractivity contribution in [1.29, 1.82) is 0 Å². The first kappa shape index (κ1) is 31.7. The number of carbonyl (C=O) groups excluding carboxylic acids is 2. The monoisotopic (exact) mass is 674 g/mol. The molecule has 8 nitrogen and oxygen atoms in total. The van der Waals surface area contributed by atoms with Crippen molar-refractivity contribution in [3.63, 3.8) is 0 Å². The molecule has 240 valence electrons. The molecule has 0 spiro atoms. The van der Waals surface area contributed by atoms with Crippen LogP contribution in [0.15, 0.2) is 97.6 Å². The number of nitrogens with zero attached hydrogens (tertiary/aromatic N) is 5. The summed E-state index contributed by atoms with van der Waals surface area (Å²) in [6.45, 7) is 0.805. The van der Waals surface area contributed by atoms with Crippen molar-refractivity contribution < 1.29 is 9.59 Å². The van der Waals surface area contributed by atoms with Crippen molar-refractivity contribution in [1.82, 2.24) is 30.2 Å². The molecule has 10 heteroatoms. The molecular formula is C38H32Cl2N6O2. The summed E-state index contributed by atoms with van der Waals surface area (Å²) in [6, 6.07) is 22.7. The van der Waals surface area contributed by atoms with Crippen LogP contribution in [0.1, 0.15) is 46.7 Å². The largest absolute Gasteiger partial charge is 0.348 e. The molecule has 4 aromatic heterocycles. The van der Waals surface area contributed by atoms with Crippen LogP contribution in [0.2, 0.25) is 10.0 Å². The Kier molecular flexibility index (Phi) is 9.02. The van der Waals surface area contributed by atoms with E-state index in [1.54, 1.807) is 41.8 Å². The van der Waals surface area contributed by atoms with Crippen molar-refractivity contribution in [3.8, 4) is 22.3 Å². The lowest BCUT2D eigenvalue weighted by Gasteiger charge is -2.16. The second-order valence-electron chi connectivity index (χ2n) is 12.3. The predicted molar refractivity (Wildman–Crippen MR) is 190 cm³/mol. The van der Waals surface area contributed by atoms with E-state index in [0.717, 1.165) is 63.4 Å². The second kappa shape index (κ2) is 13.7. The van der Waals surface area contributed by atoms with Gasteiger partial charge in [-0.05, 0) is 91.3 Å². The normalized spacial score (nSPS) is 13.9. The fourth-order valence-corrected chi connectivity index (χ4v) is 5.72. The second-order valence-corrected chi connectivity index (χ2v) is 13.2. The molecule has 4 heterocycles. The molecule has 1 N–H and O–H groups in total. The van der Waals surface area contributed by atoms with Gasteiger partial charge in [0.15, 0.2) is 0 Å². The molecule has 6 aromatic rings. The fourth-order valence-electron chi connectivity index (χ4n) is 5.47. The molecule has 0 saturated heterocycles. The minimum absolute atomic E-state index is 0.0346. The van der Waals surface area contributed by atoms with Crippen LogP contribution in [-0.4, -0.2) is 56.3 Å². The van der Waals surface area contributed by atoms with Gasteiger partial charge in [0.05, 0.1) is 11.0 Å². The van der Waals surface area contributed by atoms with Crippen LogP contribution in [0, 0.1) is 5.92 Å². The maximum atomic E-state index is 12.7. The lowest BCUT2D eigenvalue weighted by atomic mass is 10.0. The van der Waals surface area contributed by atoms with E-state index in [1.165, 1.54) is 12.8 Å². The van der Waals surface area contributed by atoms with E-state index in [-0.39, 0.29) is 11.8 Å². The fraction of sp³-hybridized carbons (Fsp3) is 0.211. The quantitative estimate of drug-likeness (QED) is 0.183. The van der Waals surface area contributed by atoms with E-state index in [4.69, 9.17) is 23.2 Å². The summed E-state index contributed by atoms with van der Waals surface area (Å²) in [4.78, 5) is 44.5. The van der Waals surface area contributed by atoms with Gasteiger partial charge in [-0.15, -0.1) is 0 Å². The summed E-state index contributed by atoms with van der Waals surface area (Å²) in [6.07, 6.45) is 11.6. The Labute approximate surface area is 288 Å². The Morgan fingerprint density at radius 1 is 0.688 bits per heavy atom. The number of hydrogen-bond acceptors (Lipinski definition) is 6. The molecule has 0 bridgehead atoms. The Morgan fingerprint density at radius 3 is 1.69 bits per heavy atom. The van der Waals surface area contributed by atoms with Gasteiger partial charge in [-0.25, -0.2) is 9.97 Å². The van der Waals surface area contributed by atoms with Gasteiger partial charge in [-0.1, -0.05) is 47.5 Å². The number of nitrogens with one attached hydrogen (secondary N) is 1. The Bertz CT molecular complexity index is 2130. The minimum Gasteiger partial charge on any atom is -0.348 e. The molecule has 0 atom stereocenters. The highest BCUT2D eigenvalue weighted by Crippen LogP contribution is 2.31. The van der Waals surface area contributed by atoms with E-state index in [0.29, 0.717) is 33.4 Å². The number of pyridine rings is 4. The SMILES string of the molecule is CN(CC1CC1)C(=O)c1ccc2cncc(-c3ccc(Cl)cc3)c2n1.O=C(NC1CC1)c1ccc2cncc(-c3ccc(Cl)cc3)c2n1. The first-order valence-electron chi connectivity index (χ1n) is 15.9. The van der Waals surface area contributed by atoms with Gasteiger partial charge in [0.2, 0.25) is 0 Å². The molecule has 0 unspecified atom stereocenters. The third-order valence-electron chi connectivity index (χ3n) is 8.45. The van der Waals surface area contributed by atoms with Crippen molar-refractivity contribution in [2.45, 2.75) is 31.7 Å². The lowest BCUT2D eigenvalue weighted by Crippen LogP contribution is -2.29. The third-order valence-corrected chi connectivity index (χ3v) is 8.95. The van der Waals surface area contributed by atoms with Gasteiger partial charge >= 0.3 is 0 Å². The van der Waals surface area contributed by atoms with Crippen LogP contribution in [-0.2, 0) is 0 Å². The first-order valence-corrected chi connectivity index (χ1v) is 16.7. The number of hydrogen-bond donors (Lipinski definition) is 1. The number of fused-ring (bicyclic) bond motifs is 2. The summed E-state index contributed by atoms with van der Waals surface area (Å²) in [5.41, 5.74) is 6.19. The Balaban J connectivity index is 0.000000152. The summed E-state index contributed by atoms with van der Waals surface area (Å²) in [5, 5.41) is 6.14. The van der Waals surface area contributed by atoms with Crippen LogP contribution >= 0.6 is 23.2 Å². The van der Waals surface area contributed by atoms with Crippen molar-refractivity contribution in [2.24, 2.45) is 5.92 Å². The zero-order valence-electron chi connectivity index (χ0n) is 26.2. The molecule has 2 amide bonds. The molecule has 0 aliphatic heterocycles. The van der Waals surface area contributed by atoms with Crippen LogP contribution in [0.4, 0.5) is 0 Å². The Morgan fingerprint density at radius 2 is 1.19 bits per heavy atom. The van der Waals surface area contributed by atoms with Crippen molar-refractivity contribution in [2.75, 3.05) is 13.6 Å². The van der Waals surface area contributed by atoms with Crippen LogP contribution in [0.3, 0.4) is 0 Å². The molecular weight excluding hydrogens is 643 g/mol. The molecule has 2 aliphatic carbocycles. The highest BCUT2D eigenvalue weighted by molar-refractivity contribution is 6.31. The predicted octanol–water partition coefficient (Wildman–Crippen LogP) is 8.27. The number of aromatic nitrogens is 4. The number of rotatable bonds is 7. The van der Waals surface area contributed by atoms with Crippen LogP contribution < -0.4 is 5.32 Å². The molecule has 8 rings (SSSR count). The molecule has 0 radical (unpaired) electrons. The summed E-state index contributed by atoms with van der Waals surface area (Å²) in [7, 11) is 1.85. The molecule has 2 fully saturated rings. The number of halogens is 2. The maximum Gasteiger partial charge on any atom is 0.272 e. The van der Waals surface area contributed by atoms with Gasteiger partial charge in [-0.3, -0.25) is 19.6 Å². The van der Waals surface area contributed by atoms with Gasteiger partial charge < -0.3 is 10.2 Å². The number of carbonyl (C=O) groups is 2. The molecule has 48 heavy (non-hydrogen) atoms. The lowest BCUT2D eigenvalue weighted by molar-refractivity contribution is 0.0783. The summed E-state index contributed by atoms with van der Waals surface area (Å²) in [5.74, 6) is 0.504. The average Bonchev–Trinajstić information content (AvgIpc) is 4.06. The van der Waals surface area contributed by atoms with Gasteiger partial charge in [0.1, 0.15) is 11.4 Å². The van der Waals surface area contributed by atoms with E-state index in [1.807, 2.05) is 67.7 Å². The topological polar surface area (TPSA) is 101 Å². The van der Waals surface area contributed by atoms with Gasteiger partial charge in [0.25, 0.3) is 11.8 Å². The van der Waals surface area contributed by atoms with Crippen LogP contribution in [0.25, 0.3) is 44.1 Å². The zero-order valence-corrected chi connectivity index (χ0v) is 27.7. The molecule has 2 saturated carbocycles. The first-order chi connectivity index (χ1) is 23.3. The van der Waals surface area contributed by atoms with E-state index in [9.17, 15) is 9.59 Å². The van der Waals surface area contributed by atoms with Crippen LogP contribution in [0.5, 0.6) is 0 Å². The Hall–Kier alpha value is -4.92. The van der Waals surface area contributed by atoms with E-state index < -0.39 is 0 Å². The zero-order chi connectivity index (χ0) is 33.2. The summed E-state index contributed by atoms with van der Waals surface area (Å²) < 4.78 is 0. The van der Waals surface area contributed by atoms with E-state index in [2.05, 4.69) is 25.3 Å². The van der Waals surface area contributed by atoms with Gasteiger partial charge in [-0.2, -0.15) is 0 Å². The maximum absolute atomic E-state index is 12.7. The molecule has 2 aromatic carbocycles. The third kappa shape index (κ3) is 7.30. The highest BCUT2D eigenvalue weighted by Gasteiger charge is 2.26. The number of benzene rings is 2. The highest BCUT2D eigenvalue weighted by atomic mass is 35.5. The van der Waals surface area contributed by atoms with Crippen molar-refractivity contribution >= 4 is 56.8 Å². The van der Waals surface area contributed by atoms with E-state index >= 15 is 0 Å². The minimum atomic E-state index is -0.117. The summed E-state index contributed by atoms with van der Waals surface area (Å²) >= 11 is 11.9. The average molecular weight is 676 g/mol. The van der Waals surface area contributed by atoms with Gasteiger partial charge in [0, 0.05) is 76.4 Å². The molecule has 2 aliphatic rings. The van der Waals surface area contributed by atoms with Crippen molar-refractivity contribution in [3.05, 3.63) is 119 Å². The smallest absolute Gasteiger partial charge is 0.272 e.